The summed E-state index contributed by atoms with van der Waals surface area (Å²) < 4.78 is 1.24. The lowest BCUT2D eigenvalue weighted by Gasteiger charge is -2.19. The van der Waals surface area contributed by atoms with Crippen LogP contribution in [-0.4, -0.2) is 11.5 Å². The van der Waals surface area contributed by atoms with Gasteiger partial charge in [0.15, 0.2) is 0 Å². The number of halogens is 2. The summed E-state index contributed by atoms with van der Waals surface area (Å²) in [6.07, 6.45) is 2.76. The molecular formula is C13H14ClIN2S. The third-order valence-electron chi connectivity index (χ3n) is 2.65. The third kappa shape index (κ3) is 3.66. The highest BCUT2D eigenvalue weighted by Gasteiger charge is 2.15. The topological polar surface area (TPSA) is 24.9 Å². The molecule has 96 valence electrons. The molecule has 1 aromatic carbocycles. The Morgan fingerprint density at radius 3 is 3.00 bits per heavy atom. The molecule has 2 nitrogen and oxygen atoms in total. The lowest BCUT2D eigenvalue weighted by atomic mass is 10.0. The maximum absolute atomic E-state index is 6.10. The minimum atomic E-state index is 0.270. The van der Waals surface area contributed by atoms with Crippen LogP contribution in [0.4, 0.5) is 0 Å². The van der Waals surface area contributed by atoms with Crippen LogP contribution in [0.1, 0.15) is 23.5 Å². The van der Waals surface area contributed by atoms with E-state index in [0.717, 1.165) is 23.0 Å². The van der Waals surface area contributed by atoms with Gasteiger partial charge in [0.1, 0.15) is 0 Å². The van der Waals surface area contributed by atoms with E-state index in [4.69, 9.17) is 11.6 Å². The van der Waals surface area contributed by atoms with Crippen LogP contribution in [0.2, 0.25) is 5.02 Å². The molecule has 18 heavy (non-hydrogen) atoms. The number of nitrogens with one attached hydrogen (secondary N) is 1. The lowest BCUT2D eigenvalue weighted by molar-refractivity contribution is 0.546. The van der Waals surface area contributed by atoms with Crippen molar-refractivity contribution in [3.8, 4) is 0 Å². The van der Waals surface area contributed by atoms with Gasteiger partial charge in [-0.15, -0.1) is 11.3 Å². The van der Waals surface area contributed by atoms with E-state index in [2.05, 4.69) is 45.9 Å². The fourth-order valence-corrected chi connectivity index (χ4v) is 3.40. The number of benzene rings is 1. The first-order chi connectivity index (χ1) is 8.70. The van der Waals surface area contributed by atoms with Crippen LogP contribution in [0, 0.1) is 3.57 Å². The number of hydrogen-bond acceptors (Lipinski definition) is 3. The van der Waals surface area contributed by atoms with E-state index < -0.39 is 0 Å². The van der Waals surface area contributed by atoms with E-state index in [-0.39, 0.29) is 6.04 Å². The van der Waals surface area contributed by atoms with Gasteiger partial charge < -0.3 is 5.32 Å². The monoisotopic (exact) mass is 392 g/mol. The van der Waals surface area contributed by atoms with Gasteiger partial charge in [-0.1, -0.05) is 18.5 Å². The standard InChI is InChI=1S/C13H14ClIN2S/c1-2-16-12(8-13-17-5-6-18-13)10-7-9(14)3-4-11(10)15/h3-7,12,16H,2,8H2,1H3. The quantitative estimate of drug-likeness (QED) is 0.768. The average molecular weight is 393 g/mol. The third-order valence-corrected chi connectivity index (χ3v) is 4.67. The number of likely N-dealkylation sites (N-methyl/N-ethyl adjacent to an activating group) is 1. The molecule has 1 N–H and O–H groups in total. The molecule has 1 heterocycles. The first-order valence-corrected chi connectivity index (χ1v) is 8.11. The van der Waals surface area contributed by atoms with E-state index in [1.807, 2.05) is 23.7 Å². The molecule has 0 saturated carbocycles. The van der Waals surface area contributed by atoms with Gasteiger partial charge in [-0.2, -0.15) is 0 Å². The second-order valence-corrected chi connectivity index (χ2v) is 6.48. The summed E-state index contributed by atoms with van der Waals surface area (Å²) in [5, 5.41) is 7.46. The van der Waals surface area contributed by atoms with E-state index in [1.54, 1.807) is 11.3 Å². The van der Waals surface area contributed by atoms with Crippen LogP contribution >= 0.6 is 45.5 Å². The van der Waals surface area contributed by atoms with Crippen molar-refractivity contribution in [2.75, 3.05) is 6.54 Å². The molecule has 0 aliphatic heterocycles. The minimum absolute atomic E-state index is 0.270. The summed E-state index contributed by atoms with van der Waals surface area (Å²) in [7, 11) is 0. The van der Waals surface area contributed by atoms with Crippen molar-refractivity contribution in [1.29, 1.82) is 0 Å². The number of nitrogens with zero attached hydrogens (tertiary/aromatic N) is 1. The minimum Gasteiger partial charge on any atom is -0.310 e. The Kier molecular flexibility index (Phi) is 5.41. The Hall–Kier alpha value is -0.170. The van der Waals surface area contributed by atoms with Crippen molar-refractivity contribution in [2.24, 2.45) is 0 Å². The van der Waals surface area contributed by atoms with E-state index >= 15 is 0 Å². The summed E-state index contributed by atoms with van der Waals surface area (Å²) in [5.41, 5.74) is 1.25. The highest BCUT2D eigenvalue weighted by molar-refractivity contribution is 14.1. The van der Waals surface area contributed by atoms with Gasteiger partial charge in [0, 0.05) is 32.6 Å². The molecule has 0 spiro atoms. The van der Waals surface area contributed by atoms with Crippen LogP contribution < -0.4 is 5.32 Å². The normalized spacial score (nSPS) is 12.6. The van der Waals surface area contributed by atoms with Crippen molar-refractivity contribution in [1.82, 2.24) is 10.3 Å². The predicted molar refractivity (Wildman–Crippen MR) is 86.4 cm³/mol. The van der Waals surface area contributed by atoms with Gasteiger partial charge in [0.2, 0.25) is 0 Å². The molecular weight excluding hydrogens is 379 g/mol. The zero-order chi connectivity index (χ0) is 13.0. The second kappa shape index (κ2) is 6.84. The Bertz CT molecular complexity index is 502. The summed E-state index contributed by atoms with van der Waals surface area (Å²) in [4.78, 5) is 4.36. The fraction of sp³-hybridized carbons (Fsp3) is 0.308. The first-order valence-electron chi connectivity index (χ1n) is 5.77. The molecule has 0 radical (unpaired) electrons. The molecule has 0 saturated heterocycles. The van der Waals surface area contributed by atoms with Gasteiger partial charge in [-0.05, 0) is 52.9 Å². The van der Waals surface area contributed by atoms with Crippen LogP contribution in [0.3, 0.4) is 0 Å². The van der Waals surface area contributed by atoms with Crippen LogP contribution in [0.5, 0.6) is 0 Å². The molecule has 0 fully saturated rings. The van der Waals surface area contributed by atoms with Gasteiger partial charge >= 0.3 is 0 Å². The smallest absolute Gasteiger partial charge is 0.0943 e. The highest BCUT2D eigenvalue weighted by Crippen LogP contribution is 2.27. The zero-order valence-corrected chi connectivity index (χ0v) is 13.7. The lowest BCUT2D eigenvalue weighted by Crippen LogP contribution is -2.23. The molecule has 1 atom stereocenters. The maximum atomic E-state index is 6.10. The summed E-state index contributed by atoms with van der Waals surface area (Å²) in [5.74, 6) is 0. The van der Waals surface area contributed by atoms with Crippen LogP contribution in [0.15, 0.2) is 29.8 Å². The Morgan fingerprint density at radius 1 is 1.50 bits per heavy atom. The number of rotatable bonds is 5. The van der Waals surface area contributed by atoms with Gasteiger partial charge in [0.25, 0.3) is 0 Å². The highest BCUT2D eigenvalue weighted by atomic mass is 127. The zero-order valence-electron chi connectivity index (χ0n) is 9.99. The Balaban J connectivity index is 2.26. The van der Waals surface area contributed by atoms with Crippen molar-refractivity contribution in [2.45, 2.75) is 19.4 Å². The molecule has 2 rings (SSSR count). The van der Waals surface area contributed by atoms with Crippen LogP contribution in [-0.2, 0) is 6.42 Å². The second-order valence-electron chi connectivity index (χ2n) is 3.91. The molecule has 0 aliphatic carbocycles. The van der Waals surface area contributed by atoms with Gasteiger partial charge in [0.05, 0.1) is 5.01 Å². The molecule has 1 unspecified atom stereocenters. The van der Waals surface area contributed by atoms with Gasteiger partial charge in [-0.25, -0.2) is 4.98 Å². The number of hydrogen-bond donors (Lipinski definition) is 1. The van der Waals surface area contributed by atoms with Crippen molar-refractivity contribution in [3.05, 3.63) is 48.9 Å². The SMILES string of the molecule is CCNC(Cc1nccs1)c1cc(Cl)ccc1I. The van der Waals surface area contributed by atoms with Gasteiger partial charge in [-0.3, -0.25) is 0 Å². The fourth-order valence-electron chi connectivity index (χ4n) is 1.85. The number of aromatic nitrogens is 1. The van der Waals surface area contributed by atoms with Crippen molar-refractivity contribution >= 4 is 45.5 Å². The first kappa shape index (κ1) is 14.2. The van der Waals surface area contributed by atoms with E-state index in [9.17, 15) is 0 Å². The summed E-state index contributed by atoms with van der Waals surface area (Å²) in [6, 6.07) is 6.31. The van der Waals surface area contributed by atoms with E-state index in [1.165, 1.54) is 9.13 Å². The molecule has 0 bridgehead atoms. The van der Waals surface area contributed by atoms with Crippen molar-refractivity contribution < 1.29 is 0 Å². The summed E-state index contributed by atoms with van der Waals surface area (Å²) >= 11 is 10.2. The maximum Gasteiger partial charge on any atom is 0.0943 e. The van der Waals surface area contributed by atoms with E-state index in [0.29, 0.717) is 0 Å². The Labute approximate surface area is 130 Å². The summed E-state index contributed by atoms with van der Waals surface area (Å²) in [6.45, 7) is 3.05. The predicted octanol–water partition coefficient (Wildman–Crippen LogP) is 4.29. The molecule has 0 amide bonds. The van der Waals surface area contributed by atoms with Crippen LogP contribution in [0.25, 0.3) is 0 Å². The molecule has 5 heteroatoms. The Morgan fingerprint density at radius 2 is 2.33 bits per heavy atom. The molecule has 1 aromatic heterocycles. The average Bonchev–Trinajstić information content (AvgIpc) is 2.85. The largest absolute Gasteiger partial charge is 0.310 e. The molecule has 2 aromatic rings. The molecule has 0 aliphatic rings. The number of thiazole rings is 1. The van der Waals surface area contributed by atoms with Crippen molar-refractivity contribution in [3.63, 3.8) is 0 Å².